The molecule has 4 nitrogen and oxygen atoms in total. The molecule has 0 radical (unpaired) electrons. The Labute approximate surface area is 120 Å². The minimum absolute atomic E-state index is 0.166. The van der Waals surface area contributed by atoms with Crippen molar-refractivity contribution >= 4 is 11.7 Å². The lowest BCUT2D eigenvalue weighted by molar-refractivity contribution is -0.114. The third-order valence-electron chi connectivity index (χ3n) is 2.22. The van der Waals surface area contributed by atoms with E-state index in [1.54, 1.807) is 0 Å². The van der Waals surface area contributed by atoms with Crippen LogP contribution in [-0.2, 0) is 17.1 Å². The molecule has 0 spiro atoms. The zero-order valence-corrected chi connectivity index (χ0v) is 13.5. The number of aromatic nitrogens is 2. The number of alkyl halides is 2. The van der Waals surface area contributed by atoms with E-state index in [1.807, 2.05) is 41.5 Å². The van der Waals surface area contributed by atoms with Crippen LogP contribution in [0.15, 0.2) is 0 Å². The Bertz CT molecular complexity index is 390. The van der Waals surface area contributed by atoms with Crippen molar-refractivity contribution in [3.8, 4) is 0 Å². The summed E-state index contributed by atoms with van der Waals surface area (Å²) in [4.78, 5) is 10.7. The minimum atomic E-state index is -2.83. The van der Waals surface area contributed by atoms with Crippen LogP contribution in [0.5, 0.6) is 0 Å². The van der Waals surface area contributed by atoms with Crippen molar-refractivity contribution in [1.29, 1.82) is 0 Å². The van der Waals surface area contributed by atoms with Gasteiger partial charge in [-0.25, -0.2) is 0 Å². The van der Waals surface area contributed by atoms with Gasteiger partial charge in [-0.05, 0) is 6.42 Å². The van der Waals surface area contributed by atoms with Gasteiger partial charge in [-0.1, -0.05) is 41.5 Å². The molecule has 1 amide bonds. The number of rotatable bonds is 1. The summed E-state index contributed by atoms with van der Waals surface area (Å²) in [5.41, 5.74) is 0.256. The first-order valence-electron chi connectivity index (χ1n) is 7.24. The Balaban J connectivity index is 0. The fraction of sp³-hybridized carbons (Fsp3) is 0.714. The van der Waals surface area contributed by atoms with E-state index in [1.165, 1.54) is 6.92 Å². The number of anilines is 1. The largest absolute Gasteiger partial charge is 0.309 e. The fourth-order valence-electron chi connectivity index (χ4n) is 1.59. The van der Waals surface area contributed by atoms with Crippen molar-refractivity contribution in [2.75, 3.05) is 5.32 Å². The normalized spacial score (nSPS) is 13.4. The van der Waals surface area contributed by atoms with E-state index >= 15 is 0 Å². The number of carbonyl (C=O) groups excluding carboxylic acids is 1. The Kier molecular flexibility index (Phi) is 10.8. The molecule has 0 atom stereocenters. The van der Waals surface area contributed by atoms with E-state index < -0.39 is 5.92 Å². The predicted molar refractivity (Wildman–Crippen MR) is 79.2 cm³/mol. The SMILES string of the molecule is CC.CC.CC.CC(=O)Nc1n[nH]c2c1CCC2(F)F. The molecule has 1 aliphatic carbocycles. The van der Waals surface area contributed by atoms with Gasteiger partial charge in [0, 0.05) is 18.9 Å². The summed E-state index contributed by atoms with van der Waals surface area (Å²) in [5, 5.41) is 8.31. The molecule has 0 bridgehead atoms. The highest BCUT2D eigenvalue weighted by Gasteiger charge is 2.42. The Hall–Kier alpha value is -1.46. The van der Waals surface area contributed by atoms with Crippen molar-refractivity contribution < 1.29 is 13.6 Å². The molecule has 0 aromatic carbocycles. The molecule has 6 heteroatoms. The monoisotopic (exact) mass is 291 g/mol. The van der Waals surface area contributed by atoms with Crippen molar-refractivity contribution in [2.24, 2.45) is 0 Å². The predicted octanol–water partition coefficient (Wildman–Crippen LogP) is 4.48. The van der Waals surface area contributed by atoms with Crippen molar-refractivity contribution in [3.63, 3.8) is 0 Å². The van der Waals surface area contributed by atoms with Crippen LogP contribution >= 0.6 is 0 Å². The van der Waals surface area contributed by atoms with Gasteiger partial charge in [-0.2, -0.15) is 13.9 Å². The number of hydrogen-bond donors (Lipinski definition) is 2. The Morgan fingerprint density at radius 1 is 1.20 bits per heavy atom. The van der Waals surface area contributed by atoms with Crippen LogP contribution in [0.2, 0.25) is 0 Å². The number of H-pyrrole nitrogens is 1. The summed E-state index contributed by atoms with van der Waals surface area (Å²) >= 11 is 0. The van der Waals surface area contributed by atoms with Crippen LogP contribution in [0.4, 0.5) is 14.6 Å². The van der Waals surface area contributed by atoms with Crippen molar-refractivity contribution in [1.82, 2.24) is 10.2 Å². The van der Waals surface area contributed by atoms with E-state index in [-0.39, 0.29) is 30.3 Å². The van der Waals surface area contributed by atoms with Crippen molar-refractivity contribution in [2.45, 2.75) is 67.2 Å². The number of nitrogens with zero attached hydrogens (tertiary/aromatic N) is 1. The van der Waals surface area contributed by atoms with Crippen LogP contribution in [0.1, 0.15) is 66.1 Å². The summed E-state index contributed by atoms with van der Waals surface area (Å²) in [6, 6.07) is 0. The molecule has 1 heterocycles. The second kappa shape index (κ2) is 10.3. The number of hydrogen-bond acceptors (Lipinski definition) is 2. The smallest absolute Gasteiger partial charge is 0.289 e. The lowest BCUT2D eigenvalue weighted by atomic mass is 10.2. The molecule has 1 aromatic rings. The highest BCUT2D eigenvalue weighted by atomic mass is 19.3. The van der Waals surface area contributed by atoms with E-state index in [0.29, 0.717) is 5.56 Å². The molecule has 0 unspecified atom stereocenters. The molecule has 1 aliphatic rings. The Morgan fingerprint density at radius 3 is 2.15 bits per heavy atom. The standard InChI is InChI=1S/C8H9F2N3O.3C2H6/c1-4(14)11-7-5-2-3-8(9,10)6(5)12-13-7;3*1-2/h2-3H2,1H3,(H2,11,12,13,14);3*1-2H3. The van der Waals surface area contributed by atoms with Gasteiger partial charge in [-0.3, -0.25) is 9.89 Å². The van der Waals surface area contributed by atoms with Crippen LogP contribution in [0.25, 0.3) is 0 Å². The maximum Gasteiger partial charge on any atom is 0.289 e. The van der Waals surface area contributed by atoms with Gasteiger partial charge in [0.05, 0.1) is 0 Å². The van der Waals surface area contributed by atoms with Gasteiger partial charge in [0.2, 0.25) is 5.91 Å². The summed E-state index contributed by atoms with van der Waals surface area (Å²) in [6.07, 6.45) is 0.0255. The molecule has 0 saturated carbocycles. The van der Waals surface area contributed by atoms with Crippen molar-refractivity contribution in [3.05, 3.63) is 11.3 Å². The van der Waals surface area contributed by atoms with Gasteiger partial charge in [0.1, 0.15) is 5.69 Å². The first-order chi connectivity index (χ1) is 9.50. The third-order valence-corrected chi connectivity index (χ3v) is 2.22. The number of nitrogens with one attached hydrogen (secondary N) is 2. The Morgan fingerprint density at radius 2 is 1.70 bits per heavy atom. The number of fused-ring (bicyclic) bond motifs is 1. The number of carbonyl (C=O) groups is 1. The number of halogens is 2. The van der Waals surface area contributed by atoms with E-state index in [4.69, 9.17) is 0 Å². The van der Waals surface area contributed by atoms with E-state index in [9.17, 15) is 13.6 Å². The molecule has 2 rings (SSSR count). The summed E-state index contributed by atoms with van der Waals surface area (Å²) < 4.78 is 26.2. The lowest BCUT2D eigenvalue weighted by Gasteiger charge is -2.05. The number of amides is 1. The maximum atomic E-state index is 13.1. The quantitative estimate of drug-likeness (QED) is 0.801. The second-order valence-electron chi connectivity index (χ2n) is 3.31. The average molecular weight is 291 g/mol. The topological polar surface area (TPSA) is 57.8 Å². The second-order valence-corrected chi connectivity index (χ2v) is 3.31. The first kappa shape index (κ1) is 20.8. The van der Waals surface area contributed by atoms with Gasteiger partial charge in [0.15, 0.2) is 5.82 Å². The van der Waals surface area contributed by atoms with Crippen LogP contribution < -0.4 is 5.32 Å². The zero-order valence-electron chi connectivity index (χ0n) is 13.5. The molecule has 0 fully saturated rings. The third kappa shape index (κ3) is 5.27. The summed E-state index contributed by atoms with van der Waals surface area (Å²) in [6.45, 7) is 13.3. The maximum absolute atomic E-state index is 13.1. The average Bonchev–Trinajstić information content (AvgIpc) is 2.99. The molecule has 20 heavy (non-hydrogen) atoms. The molecular weight excluding hydrogens is 264 g/mol. The van der Waals surface area contributed by atoms with E-state index in [0.717, 1.165) is 0 Å². The molecular formula is C14H27F2N3O. The van der Waals surface area contributed by atoms with Gasteiger partial charge < -0.3 is 5.32 Å². The van der Waals surface area contributed by atoms with E-state index in [2.05, 4.69) is 15.5 Å². The fourth-order valence-corrected chi connectivity index (χ4v) is 1.59. The molecule has 1 aromatic heterocycles. The summed E-state index contributed by atoms with van der Waals surface area (Å²) in [5.74, 6) is -2.92. The van der Waals surface area contributed by atoms with Crippen LogP contribution in [0, 0.1) is 0 Å². The van der Waals surface area contributed by atoms with Crippen LogP contribution in [-0.4, -0.2) is 16.1 Å². The van der Waals surface area contributed by atoms with Gasteiger partial charge >= 0.3 is 0 Å². The molecule has 0 saturated heterocycles. The van der Waals surface area contributed by atoms with Gasteiger partial charge in [0.25, 0.3) is 5.92 Å². The minimum Gasteiger partial charge on any atom is -0.309 e. The highest BCUT2D eigenvalue weighted by Crippen LogP contribution is 2.42. The molecule has 118 valence electrons. The highest BCUT2D eigenvalue weighted by molar-refractivity contribution is 5.88. The molecule has 0 aliphatic heterocycles. The molecule has 2 N–H and O–H groups in total. The first-order valence-corrected chi connectivity index (χ1v) is 7.24. The zero-order chi connectivity index (χ0) is 16.3. The van der Waals surface area contributed by atoms with Gasteiger partial charge in [-0.15, -0.1) is 0 Å². The summed E-state index contributed by atoms with van der Waals surface area (Å²) in [7, 11) is 0. The lowest BCUT2D eigenvalue weighted by Crippen LogP contribution is -2.08. The number of aromatic amines is 1. The van der Waals surface area contributed by atoms with Crippen LogP contribution in [0.3, 0.4) is 0 Å².